The van der Waals surface area contributed by atoms with Gasteiger partial charge in [-0.2, -0.15) is 0 Å². The largest absolute Gasteiger partial charge is 0.375 e. The molecule has 4 rings (SSSR count). The van der Waals surface area contributed by atoms with E-state index in [1.165, 1.54) is 6.07 Å². The number of nitrogens with zero attached hydrogens (tertiary/aromatic N) is 2. The highest BCUT2D eigenvalue weighted by Gasteiger charge is 2.44. The first-order valence-corrected chi connectivity index (χ1v) is 9.87. The third-order valence-electron chi connectivity index (χ3n) is 5.98. The minimum atomic E-state index is -0.432. The van der Waals surface area contributed by atoms with E-state index < -0.39 is 10.8 Å². The number of hydrogen-bond acceptors (Lipinski definition) is 5. The minimum absolute atomic E-state index is 0.0240. The fourth-order valence-electron chi connectivity index (χ4n) is 4.44. The number of fused-ring (bicyclic) bond motifs is 2. The monoisotopic (exact) mass is 391 g/mol. The first-order chi connectivity index (χ1) is 13.6. The van der Waals surface area contributed by atoms with Gasteiger partial charge in [0.15, 0.2) is 0 Å². The molecule has 2 aromatic rings. The van der Waals surface area contributed by atoms with Crippen LogP contribution in [0.2, 0.25) is 0 Å². The lowest BCUT2D eigenvalue weighted by atomic mass is 9.68. The van der Waals surface area contributed by atoms with Gasteiger partial charge in [0.25, 0.3) is 5.69 Å². The van der Waals surface area contributed by atoms with Crippen molar-refractivity contribution in [1.82, 2.24) is 0 Å². The molecule has 1 unspecified atom stereocenters. The van der Waals surface area contributed by atoms with Gasteiger partial charge in [0.2, 0.25) is 0 Å². The second-order valence-electron chi connectivity index (χ2n) is 8.99. The van der Waals surface area contributed by atoms with Gasteiger partial charge in [0, 0.05) is 24.3 Å². The van der Waals surface area contributed by atoms with E-state index in [9.17, 15) is 14.9 Å². The maximum atomic E-state index is 13.2. The topological polar surface area (TPSA) is 84.6 Å². The van der Waals surface area contributed by atoms with Crippen molar-refractivity contribution in [3.05, 3.63) is 63.2 Å². The number of nitro benzene ring substituents is 1. The number of anilines is 1. The maximum absolute atomic E-state index is 13.2. The summed E-state index contributed by atoms with van der Waals surface area (Å²) in [6.45, 7) is 8.27. The molecule has 1 aliphatic heterocycles. The van der Waals surface area contributed by atoms with Crippen molar-refractivity contribution in [2.24, 2.45) is 16.3 Å². The average molecular weight is 391 g/mol. The lowest BCUT2D eigenvalue weighted by Gasteiger charge is -2.37. The molecule has 0 aromatic heterocycles. The zero-order chi connectivity index (χ0) is 20.9. The molecule has 2 atom stereocenters. The molecule has 1 aliphatic carbocycles. The first-order valence-electron chi connectivity index (χ1n) is 9.87. The second-order valence-corrected chi connectivity index (χ2v) is 8.99. The van der Waals surface area contributed by atoms with E-state index in [1.54, 1.807) is 12.1 Å². The van der Waals surface area contributed by atoms with Crippen molar-refractivity contribution >= 4 is 28.6 Å². The Morgan fingerprint density at radius 2 is 1.86 bits per heavy atom. The van der Waals surface area contributed by atoms with Crippen LogP contribution in [0.1, 0.15) is 49.4 Å². The Bertz CT molecular complexity index is 1060. The van der Waals surface area contributed by atoms with Crippen LogP contribution in [0, 0.1) is 35.3 Å². The number of carbonyl (C=O) groups is 1. The summed E-state index contributed by atoms with van der Waals surface area (Å²) >= 11 is 0. The predicted octanol–water partition coefficient (Wildman–Crippen LogP) is 5.46. The highest BCUT2D eigenvalue weighted by Crippen LogP contribution is 2.45. The number of nitro groups is 1. The van der Waals surface area contributed by atoms with Crippen LogP contribution in [-0.4, -0.2) is 16.4 Å². The maximum Gasteiger partial charge on any atom is 0.269 e. The number of carbonyl (C=O) groups excluding carboxylic acids is 1. The molecule has 2 aliphatic rings. The van der Waals surface area contributed by atoms with E-state index in [2.05, 4.69) is 19.2 Å². The van der Waals surface area contributed by atoms with Crippen LogP contribution < -0.4 is 5.32 Å². The summed E-state index contributed by atoms with van der Waals surface area (Å²) in [6.07, 6.45) is 1.20. The van der Waals surface area contributed by atoms with Crippen LogP contribution in [-0.2, 0) is 4.79 Å². The smallest absolute Gasteiger partial charge is 0.269 e. The second kappa shape index (κ2) is 6.79. The fourth-order valence-corrected chi connectivity index (χ4v) is 4.44. The molecule has 29 heavy (non-hydrogen) atoms. The summed E-state index contributed by atoms with van der Waals surface area (Å²) in [6, 6.07) is 10.3. The van der Waals surface area contributed by atoms with Crippen LogP contribution in [0.3, 0.4) is 0 Å². The van der Waals surface area contributed by atoms with E-state index in [-0.39, 0.29) is 22.9 Å². The molecule has 0 amide bonds. The van der Waals surface area contributed by atoms with Crippen LogP contribution in [0.25, 0.3) is 0 Å². The Hall–Kier alpha value is -3.02. The van der Waals surface area contributed by atoms with Gasteiger partial charge in [-0.15, -0.1) is 0 Å². The van der Waals surface area contributed by atoms with E-state index in [4.69, 9.17) is 4.99 Å². The Morgan fingerprint density at radius 1 is 1.14 bits per heavy atom. The van der Waals surface area contributed by atoms with Gasteiger partial charge in [0.05, 0.1) is 28.3 Å². The van der Waals surface area contributed by atoms with Gasteiger partial charge < -0.3 is 5.32 Å². The summed E-state index contributed by atoms with van der Waals surface area (Å²) in [5, 5.41) is 14.8. The van der Waals surface area contributed by atoms with Crippen LogP contribution in [0.15, 0.2) is 41.4 Å². The van der Waals surface area contributed by atoms with Crippen LogP contribution in [0.5, 0.6) is 0 Å². The van der Waals surface area contributed by atoms with Crippen molar-refractivity contribution in [2.75, 3.05) is 5.32 Å². The van der Waals surface area contributed by atoms with E-state index in [0.29, 0.717) is 6.42 Å². The van der Waals surface area contributed by atoms with E-state index in [0.717, 1.165) is 40.2 Å². The molecular weight excluding hydrogens is 366 g/mol. The van der Waals surface area contributed by atoms with Crippen molar-refractivity contribution in [3.8, 4) is 0 Å². The Morgan fingerprint density at radius 3 is 2.59 bits per heavy atom. The van der Waals surface area contributed by atoms with Gasteiger partial charge >= 0.3 is 0 Å². The Labute approximate surface area is 170 Å². The van der Waals surface area contributed by atoms with E-state index in [1.807, 2.05) is 32.0 Å². The first kappa shape index (κ1) is 19.3. The average Bonchev–Trinajstić information content (AvgIpc) is 2.78. The van der Waals surface area contributed by atoms with E-state index >= 15 is 0 Å². The molecule has 2 aromatic carbocycles. The number of ketones is 1. The summed E-state index contributed by atoms with van der Waals surface area (Å²) in [5.41, 5.74) is 5.42. The minimum Gasteiger partial charge on any atom is -0.375 e. The molecule has 1 saturated carbocycles. The number of nitrogens with one attached hydrogen (secondary N) is 1. The SMILES string of the molecule is Cc1cc2c(cc1C)N[C@H](c1cccc([N+](=O)[O-])c1)C1C(=O)CC(C)(C)CC1=N2. The normalized spacial score (nSPS) is 22.6. The summed E-state index contributed by atoms with van der Waals surface area (Å²) in [4.78, 5) is 29.1. The zero-order valence-corrected chi connectivity index (χ0v) is 17.2. The predicted molar refractivity (Wildman–Crippen MR) is 114 cm³/mol. The fraction of sp³-hybridized carbons (Fsp3) is 0.391. The summed E-state index contributed by atoms with van der Waals surface area (Å²) < 4.78 is 0. The molecule has 0 spiro atoms. The summed E-state index contributed by atoms with van der Waals surface area (Å²) in [7, 11) is 0. The van der Waals surface area contributed by atoms with Gasteiger partial charge in [-0.25, -0.2) is 0 Å². The van der Waals surface area contributed by atoms with Crippen molar-refractivity contribution in [1.29, 1.82) is 0 Å². The van der Waals surface area contributed by atoms with Gasteiger partial charge in [-0.3, -0.25) is 19.9 Å². The molecule has 6 heteroatoms. The summed E-state index contributed by atoms with van der Waals surface area (Å²) in [5.74, 6) is -0.303. The molecule has 6 nitrogen and oxygen atoms in total. The Kier molecular flexibility index (Phi) is 4.52. The molecular formula is C23H25N3O3. The molecule has 150 valence electrons. The lowest BCUT2D eigenvalue weighted by Crippen LogP contribution is -2.42. The van der Waals surface area contributed by atoms with Gasteiger partial charge in [-0.1, -0.05) is 26.0 Å². The third-order valence-corrected chi connectivity index (χ3v) is 5.98. The lowest BCUT2D eigenvalue weighted by molar-refractivity contribution is -0.384. The van der Waals surface area contributed by atoms with Gasteiger partial charge in [-0.05, 0) is 54.5 Å². The van der Waals surface area contributed by atoms with Crippen molar-refractivity contribution in [3.63, 3.8) is 0 Å². The molecule has 0 bridgehead atoms. The number of hydrogen-bond donors (Lipinski definition) is 1. The molecule has 1 heterocycles. The number of aryl methyl sites for hydroxylation is 2. The molecule has 0 radical (unpaired) electrons. The van der Waals surface area contributed by atoms with Crippen LogP contribution in [0.4, 0.5) is 17.1 Å². The van der Waals surface area contributed by atoms with Crippen LogP contribution >= 0.6 is 0 Å². The standard InChI is InChI=1S/C23H25N3O3/c1-13-8-17-18(9-14(13)2)25-22(15-6-5-7-16(10-15)26(28)29)21-19(24-17)11-23(3,4)12-20(21)27/h5-10,21-22,25H,11-12H2,1-4H3/t21?,22-/m1/s1. The number of aliphatic imine (C=N–C) groups is 1. The highest BCUT2D eigenvalue weighted by molar-refractivity contribution is 6.10. The molecule has 1 N–H and O–H groups in total. The number of non-ortho nitro benzene ring substituents is 1. The zero-order valence-electron chi connectivity index (χ0n) is 17.2. The molecule has 1 fully saturated rings. The quantitative estimate of drug-likeness (QED) is 0.544. The Balaban J connectivity index is 1.90. The number of Topliss-reactive ketones (excluding diaryl/α,β-unsaturated/α-hetero) is 1. The van der Waals surface area contributed by atoms with Gasteiger partial charge in [0.1, 0.15) is 5.78 Å². The van der Waals surface area contributed by atoms with Crippen molar-refractivity contribution < 1.29 is 9.72 Å². The molecule has 0 saturated heterocycles. The number of benzene rings is 2. The number of rotatable bonds is 2. The third kappa shape index (κ3) is 3.55. The van der Waals surface area contributed by atoms with Crippen molar-refractivity contribution in [2.45, 2.75) is 46.6 Å². The highest BCUT2D eigenvalue weighted by atomic mass is 16.6.